The van der Waals surface area contributed by atoms with Crippen LogP contribution in [0.2, 0.25) is 0 Å². The molecular weight excluding hydrogens is 462 g/mol. The van der Waals surface area contributed by atoms with E-state index < -0.39 is 11.9 Å². The van der Waals surface area contributed by atoms with Gasteiger partial charge in [0, 0.05) is 39.0 Å². The van der Waals surface area contributed by atoms with E-state index in [9.17, 15) is 14.4 Å². The molecule has 1 rings (SSSR count). The maximum Gasteiger partial charge on any atom is 0.303 e. The smallest absolute Gasteiger partial charge is 0.303 e. The van der Waals surface area contributed by atoms with E-state index in [0.29, 0.717) is 0 Å². The summed E-state index contributed by atoms with van der Waals surface area (Å²) < 4.78 is 0. The topological polar surface area (TPSA) is 144 Å². The van der Waals surface area contributed by atoms with Crippen LogP contribution in [0.5, 0.6) is 0 Å². The third kappa shape index (κ3) is 36.9. The molecule has 214 valence electrons. The summed E-state index contributed by atoms with van der Waals surface area (Å²) >= 11 is 0. The Balaban J connectivity index is 0. The summed E-state index contributed by atoms with van der Waals surface area (Å²) in [6, 6.07) is 0. The number of carboxylic acid groups (broad SMARTS) is 2. The fraction of sp³-hybridized carbons (Fsp3) is 0.893. The monoisotopic (exact) mass is 517 g/mol. The number of aliphatic carboxylic acids is 2. The minimum atomic E-state index is -0.714. The van der Waals surface area contributed by atoms with E-state index in [1.54, 1.807) is 0 Å². The number of carbonyl (C=O) groups is 3. The summed E-state index contributed by atoms with van der Waals surface area (Å²) in [7, 11) is 0. The highest BCUT2D eigenvalue weighted by molar-refractivity contribution is 5.75. The van der Waals surface area contributed by atoms with Gasteiger partial charge in [-0.05, 0) is 38.5 Å². The van der Waals surface area contributed by atoms with Crippen LogP contribution in [0.1, 0.15) is 141 Å². The molecule has 0 unspecified atom stereocenters. The van der Waals surface area contributed by atoms with E-state index in [1.165, 1.54) is 44.9 Å². The molecular formula is C28H55NO7. The van der Waals surface area contributed by atoms with Crippen LogP contribution in [0.4, 0.5) is 0 Å². The summed E-state index contributed by atoms with van der Waals surface area (Å²) in [5, 5.41) is 36.0. The first-order chi connectivity index (χ1) is 17.4. The van der Waals surface area contributed by atoms with Crippen molar-refractivity contribution in [2.75, 3.05) is 19.8 Å². The Morgan fingerprint density at radius 1 is 0.556 bits per heavy atom. The Hall–Kier alpha value is -1.67. The lowest BCUT2D eigenvalue weighted by atomic mass is 10.1. The molecule has 0 aliphatic carbocycles. The molecule has 0 aromatic carbocycles. The fourth-order valence-electron chi connectivity index (χ4n) is 3.80. The Labute approximate surface area is 219 Å². The molecule has 8 heteroatoms. The van der Waals surface area contributed by atoms with E-state index in [4.69, 9.17) is 20.4 Å². The molecule has 0 aromatic rings. The van der Waals surface area contributed by atoms with Crippen LogP contribution >= 0.6 is 0 Å². The van der Waals surface area contributed by atoms with Crippen molar-refractivity contribution in [2.24, 2.45) is 0 Å². The van der Waals surface area contributed by atoms with Gasteiger partial charge in [0.15, 0.2) is 0 Å². The molecule has 0 bridgehead atoms. The first-order valence-electron chi connectivity index (χ1n) is 14.4. The van der Waals surface area contributed by atoms with E-state index in [0.717, 1.165) is 90.0 Å². The largest absolute Gasteiger partial charge is 0.481 e. The molecule has 0 radical (unpaired) electrons. The molecule has 8 nitrogen and oxygen atoms in total. The highest BCUT2D eigenvalue weighted by Gasteiger charge is 2.01. The molecule has 1 aliphatic heterocycles. The Morgan fingerprint density at radius 2 is 0.917 bits per heavy atom. The number of carboxylic acids is 2. The van der Waals surface area contributed by atoms with Gasteiger partial charge in [-0.15, -0.1) is 0 Å². The third-order valence-electron chi connectivity index (χ3n) is 6.00. The number of amides is 1. The number of aliphatic hydroxyl groups excluding tert-OH is 2. The molecule has 1 saturated heterocycles. The van der Waals surface area contributed by atoms with Crippen molar-refractivity contribution in [1.82, 2.24) is 5.32 Å². The second kappa shape index (κ2) is 31.4. The Kier molecular flexibility index (Phi) is 31.8. The quantitative estimate of drug-likeness (QED) is 0.182. The molecule has 0 spiro atoms. The second-order valence-corrected chi connectivity index (χ2v) is 9.55. The average molecular weight is 518 g/mol. The van der Waals surface area contributed by atoms with Gasteiger partial charge in [-0.3, -0.25) is 14.4 Å². The SMILES string of the molecule is O=C(O)CCCCCCCCCCC(=O)O.O=C1CCCCCCCCCCCN1.OCCCCO. The van der Waals surface area contributed by atoms with Gasteiger partial charge in [-0.25, -0.2) is 0 Å². The van der Waals surface area contributed by atoms with E-state index in [2.05, 4.69) is 5.32 Å². The number of carbonyl (C=O) groups excluding carboxylic acids is 1. The van der Waals surface area contributed by atoms with Gasteiger partial charge in [0.2, 0.25) is 5.91 Å². The highest BCUT2D eigenvalue weighted by atomic mass is 16.4. The number of aliphatic hydroxyl groups is 2. The van der Waals surface area contributed by atoms with Crippen LogP contribution < -0.4 is 5.32 Å². The summed E-state index contributed by atoms with van der Waals surface area (Å²) in [4.78, 5) is 31.7. The normalized spacial score (nSPS) is 14.9. The first-order valence-corrected chi connectivity index (χ1v) is 14.4. The Bertz CT molecular complexity index is 458. The number of hydrogen-bond donors (Lipinski definition) is 5. The maximum absolute atomic E-state index is 11.3. The molecule has 36 heavy (non-hydrogen) atoms. The van der Waals surface area contributed by atoms with Crippen molar-refractivity contribution in [2.45, 2.75) is 141 Å². The van der Waals surface area contributed by atoms with Gasteiger partial charge >= 0.3 is 11.9 Å². The number of hydrogen-bond acceptors (Lipinski definition) is 5. The van der Waals surface area contributed by atoms with E-state index in [-0.39, 0.29) is 32.0 Å². The number of unbranched alkanes of at least 4 members (excludes halogenated alkanes) is 8. The van der Waals surface area contributed by atoms with Crippen molar-refractivity contribution in [3.63, 3.8) is 0 Å². The van der Waals surface area contributed by atoms with Gasteiger partial charge < -0.3 is 25.7 Å². The van der Waals surface area contributed by atoms with E-state index >= 15 is 0 Å². The lowest BCUT2D eigenvalue weighted by molar-refractivity contribution is -0.138. The van der Waals surface area contributed by atoms with Crippen molar-refractivity contribution in [3.05, 3.63) is 0 Å². The molecule has 0 aromatic heterocycles. The van der Waals surface area contributed by atoms with Gasteiger partial charge in [-0.1, -0.05) is 83.5 Å². The predicted octanol–water partition coefficient (Wildman–Crippen LogP) is 5.83. The molecule has 0 atom stereocenters. The third-order valence-corrected chi connectivity index (χ3v) is 6.00. The number of nitrogens with one attached hydrogen (secondary N) is 1. The van der Waals surface area contributed by atoms with Gasteiger partial charge in [0.05, 0.1) is 0 Å². The standard InChI is InChI=1S/C12H23NO.C12H22O4.C4H10O2/c14-12-10-8-6-4-2-1-3-5-7-9-11-13-12;13-11(14)9-7-5-3-1-2-4-6-8-10-12(15)16;5-3-1-2-4-6/h1-11H2,(H,13,14);1-10H2,(H,13,14)(H,15,16);5-6H,1-4H2. The van der Waals surface area contributed by atoms with Crippen LogP contribution in [0, 0.1) is 0 Å². The van der Waals surface area contributed by atoms with Crippen LogP contribution in [-0.4, -0.2) is 58.0 Å². The second-order valence-electron chi connectivity index (χ2n) is 9.55. The van der Waals surface area contributed by atoms with Crippen LogP contribution in [0.15, 0.2) is 0 Å². The first kappa shape index (κ1) is 36.5. The Morgan fingerprint density at radius 3 is 1.31 bits per heavy atom. The summed E-state index contributed by atoms with van der Waals surface area (Å²) in [5.74, 6) is -1.17. The summed E-state index contributed by atoms with van der Waals surface area (Å²) in [6.07, 6.45) is 22.2. The lowest BCUT2D eigenvalue weighted by Crippen LogP contribution is -2.23. The van der Waals surface area contributed by atoms with Gasteiger partial charge in [-0.2, -0.15) is 0 Å². The molecule has 1 heterocycles. The van der Waals surface area contributed by atoms with Crippen molar-refractivity contribution >= 4 is 17.8 Å². The molecule has 1 amide bonds. The summed E-state index contributed by atoms with van der Waals surface area (Å²) in [5.41, 5.74) is 0. The average Bonchev–Trinajstić information content (AvgIpc) is 2.87. The lowest BCUT2D eigenvalue weighted by Gasteiger charge is -2.03. The van der Waals surface area contributed by atoms with Gasteiger partial charge in [0.1, 0.15) is 0 Å². The highest BCUT2D eigenvalue weighted by Crippen LogP contribution is 2.12. The molecule has 1 aliphatic rings. The van der Waals surface area contributed by atoms with Crippen molar-refractivity contribution in [1.29, 1.82) is 0 Å². The molecule has 0 saturated carbocycles. The zero-order valence-electron chi connectivity index (χ0n) is 22.7. The zero-order valence-corrected chi connectivity index (χ0v) is 22.7. The minimum Gasteiger partial charge on any atom is -0.481 e. The van der Waals surface area contributed by atoms with Crippen molar-refractivity contribution < 1.29 is 34.8 Å². The van der Waals surface area contributed by atoms with Crippen molar-refractivity contribution in [3.8, 4) is 0 Å². The number of rotatable bonds is 14. The van der Waals surface area contributed by atoms with Crippen LogP contribution in [0.3, 0.4) is 0 Å². The molecule has 5 N–H and O–H groups in total. The summed E-state index contributed by atoms with van der Waals surface area (Å²) in [6.45, 7) is 1.28. The van der Waals surface area contributed by atoms with Crippen LogP contribution in [0.25, 0.3) is 0 Å². The predicted molar refractivity (Wildman–Crippen MR) is 144 cm³/mol. The zero-order chi connectivity index (χ0) is 27.1. The van der Waals surface area contributed by atoms with Gasteiger partial charge in [0.25, 0.3) is 0 Å². The molecule has 1 fully saturated rings. The minimum absolute atomic E-state index is 0.195. The van der Waals surface area contributed by atoms with Crippen LogP contribution in [-0.2, 0) is 14.4 Å². The fourth-order valence-corrected chi connectivity index (χ4v) is 3.80. The van der Waals surface area contributed by atoms with E-state index in [1.807, 2.05) is 0 Å². The maximum atomic E-state index is 11.3.